The van der Waals surface area contributed by atoms with E-state index in [2.05, 4.69) is 10.3 Å². The molecule has 0 saturated heterocycles. The zero-order valence-electron chi connectivity index (χ0n) is 14.9. The topological polar surface area (TPSA) is 90.1 Å². The van der Waals surface area contributed by atoms with Gasteiger partial charge in [0.05, 0.1) is 13.2 Å². The fraction of sp³-hybridized carbons (Fsp3) is 0.389. The quantitative estimate of drug-likeness (QED) is 0.530. The Morgan fingerprint density at radius 1 is 1.37 bits per heavy atom. The van der Waals surface area contributed by atoms with E-state index in [1.54, 1.807) is 36.7 Å². The van der Waals surface area contributed by atoms with Crippen molar-refractivity contribution in [2.45, 2.75) is 5.75 Å². The number of hydrogen-bond donors (Lipinski definition) is 1. The maximum atomic E-state index is 12.5. The normalized spacial score (nSPS) is 13.6. The third-order valence-corrected chi connectivity index (χ3v) is 6.02. The molecule has 3 rings (SSSR count). The molecule has 144 valence electrons. The molecule has 1 aliphatic rings. The van der Waals surface area contributed by atoms with Gasteiger partial charge < -0.3 is 19.2 Å². The first-order valence-corrected chi connectivity index (χ1v) is 10.4. The number of nitrogens with zero attached hydrogens (tertiary/aromatic N) is 1. The van der Waals surface area contributed by atoms with Crippen LogP contribution in [-0.2, 0) is 20.0 Å². The van der Waals surface area contributed by atoms with Crippen LogP contribution in [0.15, 0.2) is 33.7 Å². The summed E-state index contributed by atoms with van der Waals surface area (Å²) in [4.78, 5) is 28.6. The van der Waals surface area contributed by atoms with Crippen molar-refractivity contribution in [3.63, 3.8) is 0 Å². The van der Waals surface area contributed by atoms with E-state index >= 15 is 0 Å². The molecule has 1 aromatic heterocycles. The van der Waals surface area contributed by atoms with E-state index in [9.17, 15) is 9.59 Å². The Balaban J connectivity index is 1.69. The standard InChI is InChI=1S/C18H20N2O5S2/c1-23-8-6-19-15(21)10-24-17(22)16-13(11-27-18-20-7-9-26-18)12-4-2-3-5-14(12)25-16/h2-5H,6-11H2,1H3,(H,19,21). The molecule has 27 heavy (non-hydrogen) atoms. The smallest absolute Gasteiger partial charge is 0.375 e. The maximum Gasteiger partial charge on any atom is 0.375 e. The van der Waals surface area contributed by atoms with Crippen LogP contribution in [0.4, 0.5) is 0 Å². The predicted molar refractivity (Wildman–Crippen MR) is 107 cm³/mol. The number of carbonyl (C=O) groups excluding carboxylic acids is 2. The molecule has 1 aliphatic heterocycles. The van der Waals surface area contributed by atoms with Crippen molar-refractivity contribution in [3.05, 3.63) is 35.6 Å². The number of rotatable bonds is 8. The Morgan fingerprint density at radius 3 is 3.00 bits per heavy atom. The minimum atomic E-state index is -0.648. The third-order valence-electron chi connectivity index (χ3n) is 3.74. The van der Waals surface area contributed by atoms with Crippen LogP contribution in [0.2, 0.25) is 0 Å². The predicted octanol–water partition coefficient (Wildman–Crippen LogP) is 2.69. The van der Waals surface area contributed by atoms with E-state index in [0.717, 1.165) is 27.6 Å². The monoisotopic (exact) mass is 408 g/mol. The summed E-state index contributed by atoms with van der Waals surface area (Å²) in [6.07, 6.45) is 0. The summed E-state index contributed by atoms with van der Waals surface area (Å²) in [7, 11) is 1.54. The van der Waals surface area contributed by atoms with Crippen molar-refractivity contribution in [1.29, 1.82) is 0 Å². The van der Waals surface area contributed by atoms with E-state index in [4.69, 9.17) is 13.9 Å². The molecule has 1 N–H and O–H groups in total. The zero-order valence-corrected chi connectivity index (χ0v) is 16.5. The number of hydrogen-bond acceptors (Lipinski definition) is 8. The average Bonchev–Trinajstić information content (AvgIpc) is 3.32. The molecule has 2 heterocycles. The molecule has 0 bridgehead atoms. The third kappa shape index (κ3) is 5.27. The molecule has 1 amide bonds. The van der Waals surface area contributed by atoms with E-state index in [0.29, 0.717) is 24.5 Å². The zero-order chi connectivity index (χ0) is 19.1. The molecular formula is C18H20N2O5S2. The SMILES string of the molecule is COCCNC(=O)COC(=O)c1oc2ccccc2c1CSC1=NCCS1. The first-order valence-electron chi connectivity index (χ1n) is 8.42. The molecule has 1 aromatic carbocycles. The largest absolute Gasteiger partial charge is 0.450 e. The number of esters is 1. The van der Waals surface area contributed by atoms with E-state index in [1.165, 1.54) is 0 Å². The van der Waals surface area contributed by atoms with E-state index < -0.39 is 5.97 Å². The summed E-state index contributed by atoms with van der Waals surface area (Å²) in [5.74, 6) is 0.639. The number of para-hydroxylation sites is 1. The summed E-state index contributed by atoms with van der Waals surface area (Å²) < 4.78 is 16.7. The van der Waals surface area contributed by atoms with Crippen LogP contribution in [0, 0.1) is 0 Å². The highest BCUT2D eigenvalue weighted by Crippen LogP contribution is 2.32. The average molecular weight is 409 g/mol. The van der Waals surface area contributed by atoms with E-state index in [1.807, 2.05) is 18.2 Å². The van der Waals surface area contributed by atoms with Gasteiger partial charge in [-0.1, -0.05) is 41.7 Å². The number of thioether (sulfide) groups is 2. The Morgan fingerprint density at radius 2 is 2.22 bits per heavy atom. The van der Waals surface area contributed by atoms with Gasteiger partial charge >= 0.3 is 5.97 Å². The molecule has 0 atom stereocenters. The van der Waals surface area contributed by atoms with E-state index in [-0.39, 0.29) is 18.3 Å². The summed E-state index contributed by atoms with van der Waals surface area (Å²) >= 11 is 3.29. The highest BCUT2D eigenvalue weighted by molar-refractivity contribution is 8.38. The molecule has 0 unspecified atom stereocenters. The number of furan rings is 1. The Bertz CT molecular complexity index is 849. The number of ether oxygens (including phenoxy) is 2. The number of amides is 1. The lowest BCUT2D eigenvalue weighted by Crippen LogP contribution is -2.31. The minimum absolute atomic E-state index is 0.136. The fourth-order valence-corrected chi connectivity index (χ4v) is 4.52. The van der Waals surface area contributed by atoms with Gasteiger partial charge in [0, 0.05) is 36.1 Å². The lowest BCUT2D eigenvalue weighted by Gasteiger charge is -2.06. The second kappa shape index (κ2) is 9.82. The first-order chi connectivity index (χ1) is 13.2. The van der Waals surface area contributed by atoms with Crippen LogP contribution in [0.1, 0.15) is 16.1 Å². The lowest BCUT2D eigenvalue weighted by atomic mass is 10.1. The summed E-state index contributed by atoms with van der Waals surface area (Å²) in [5.41, 5.74) is 1.38. The van der Waals surface area contributed by atoms with Gasteiger partial charge in [-0.3, -0.25) is 9.79 Å². The lowest BCUT2D eigenvalue weighted by molar-refractivity contribution is -0.124. The molecular weight excluding hydrogens is 388 g/mol. The summed E-state index contributed by atoms with van der Waals surface area (Å²) in [5, 5.41) is 3.47. The summed E-state index contributed by atoms with van der Waals surface area (Å²) in [6, 6.07) is 7.45. The Labute approximate surface area is 165 Å². The summed E-state index contributed by atoms with van der Waals surface area (Å²) in [6.45, 7) is 1.21. The molecule has 0 fully saturated rings. The molecule has 9 heteroatoms. The molecule has 0 saturated carbocycles. The van der Waals surface area contributed by atoms with Gasteiger partial charge in [-0.05, 0) is 6.07 Å². The highest BCUT2D eigenvalue weighted by Gasteiger charge is 2.23. The molecule has 7 nitrogen and oxygen atoms in total. The van der Waals surface area contributed by atoms with Gasteiger partial charge in [-0.15, -0.1) is 0 Å². The number of methoxy groups -OCH3 is 1. The van der Waals surface area contributed by atoms with Gasteiger partial charge in [0.25, 0.3) is 5.91 Å². The van der Waals surface area contributed by atoms with Gasteiger partial charge in [-0.2, -0.15) is 0 Å². The minimum Gasteiger partial charge on any atom is -0.450 e. The van der Waals surface area contributed by atoms with Gasteiger partial charge in [0.15, 0.2) is 6.61 Å². The van der Waals surface area contributed by atoms with Gasteiger partial charge in [0.2, 0.25) is 5.76 Å². The number of nitrogens with one attached hydrogen (secondary N) is 1. The maximum absolute atomic E-state index is 12.5. The Hall–Kier alpha value is -1.97. The number of carbonyl (C=O) groups is 2. The van der Waals surface area contributed by atoms with Crippen LogP contribution in [0.25, 0.3) is 11.0 Å². The van der Waals surface area contributed by atoms with Crippen molar-refractivity contribution in [1.82, 2.24) is 5.32 Å². The number of aliphatic imine (C=N–C) groups is 1. The van der Waals surface area contributed by atoms with Crippen LogP contribution in [-0.4, -0.2) is 55.4 Å². The van der Waals surface area contributed by atoms with Crippen LogP contribution >= 0.6 is 23.5 Å². The van der Waals surface area contributed by atoms with Crippen LogP contribution in [0.3, 0.4) is 0 Å². The molecule has 0 aliphatic carbocycles. The number of benzene rings is 1. The number of fused-ring (bicyclic) bond motifs is 1. The second-order valence-electron chi connectivity index (χ2n) is 5.61. The van der Waals surface area contributed by atoms with Crippen LogP contribution < -0.4 is 5.32 Å². The van der Waals surface area contributed by atoms with Crippen molar-refractivity contribution < 1.29 is 23.5 Å². The molecule has 2 aromatic rings. The molecule has 0 spiro atoms. The molecule has 0 radical (unpaired) electrons. The van der Waals surface area contributed by atoms with Crippen molar-refractivity contribution in [2.75, 3.05) is 39.2 Å². The van der Waals surface area contributed by atoms with Crippen molar-refractivity contribution in [3.8, 4) is 0 Å². The Kier molecular flexibility index (Phi) is 7.19. The van der Waals surface area contributed by atoms with Gasteiger partial charge in [-0.25, -0.2) is 4.79 Å². The van der Waals surface area contributed by atoms with Crippen molar-refractivity contribution >= 4 is 50.7 Å². The van der Waals surface area contributed by atoms with Crippen LogP contribution in [0.5, 0.6) is 0 Å². The first kappa shape index (κ1) is 19.8. The van der Waals surface area contributed by atoms with Gasteiger partial charge in [0.1, 0.15) is 9.96 Å². The highest BCUT2D eigenvalue weighted by atomic mass is 32.2. The fourth-order valence-electron chi connectivity index (χ4n) is 2.48. The van der Waals surface area contributed by atoms with Crippen molar-refractivity contribution in [2.24, 2.45) is 4.99 Å². The second-order valence-corrected chi connectivity index (χ2v) is 7.92.